The zero-order valence-corrected chi connectivity index (χ0v) is 21.3. The maximum Gasteiger partial charge on any atom is 0.414 e. The first-order valence-corrected chi connectivity index (χ1v) is 11.6. The minimum Gasteiger partial charge on any atom is -0.453 e. The lowest BCUT2D eigenvalue weighted by atomic mass is 10.2. The normalized spacial score (nSPS) is 10.8. The number of hydrogen-bond acceptors (Lipinski definition) is 8. The molecule has 3 aromatic rings. The summed E-state index contributed by atoms with van der Waals surface area (Å²) in [4.78, 5) is 35.9. The Hall–Kier alpha value is -4.33. The summed E-state index contributed by atoms with van der Waals surface area (Å²) >= 11 is 12.7. The van der Waals surface area contributed by atoms with Crippen LogP contribution in [-0.4, -0.2) is 28.9 Å². The molecule has 0 aliphatic heterocycles. The van der Waals surface area contributed by atoms with Gasteiger partial charge in [0, 0.05) is 5.56 Å². The highest BCUT2D eigenvalue weighted by Crippen LogP contribution is 2.38. The number of rotatable bonds is 8. The van der Waals surface area contributed by atoms with E-state index >= 15 is 0 Å². The molecule has 2 aromatic carbocycles. The van der Waals surface area contributed by atoms with E-state index in [0.29, 0.717) is 17.9 Å². The Kier molecular flexibility index (Phi) is 9.27. The highest BCUT2D eigenvalue weighted by Gasteiger charge is 2.17. The molecule has 0 aliphatic rings. The summed E-state index contributed by atoms with van der Waals surface area (Å²) in [6.07, 6.45) is 0.556. The second-order valence-electron chi connectivity index (χ2n) is 7.51. The third-order valence-electron chi connectivity index (χ3n) is 4.76. The Morgan fingerprint density at radius 3 is 2.43 bits per heavy atom. The quantitative estimate of drug-likeness (QED) is 0.306. The van der Waals surface area contributed by atoms with Crippen molar-refractivity contribution in [1.82, 2.24) is 9.88 Å². The highest BCUT2D eigenvalue weighted by atomic mass is 35.5. The number of carbonyl (C=O) groups is 2. The fourth-order valence-electron chi connectivity index (χ4n) is 3.11. The number of aryl methyl sites for hydroxylation is 1. The molecule has 1 aromatic heterocycles. The number of benzene rings is 2. The molecular formula is C25H21Cl2N5O5. The number of nitrogens with one attached hydrogen (secondary N) is 2. The van der Waals surface area contributed by atoms with E-state index in [0.717, 1.165) is 5.56 Å². The molecule has 0 saturated carbocycles. The molecule has 3 rings (SSSR count). The number of hydrazone groups is 1. The number of amides is 2. The predicted molar refractivity (Wildman–Crippen MR) is 139 cm³/mol. The van der Waals surface area contributed by atoms with Crippen molar-refractivity contribution >= 4 is 46.6 Å². The van der Waals surface area contributed by atoms with Gasteiger partial charge in [0.05, 0.1) is 35.1 Å². The van der Waals surface area contributed by atoms with Crippen LogP contribution in [0.25, 0.3) is 0 Å². The molecule has 0 spiro atoms. The zero-order valence-electron chi connectivity index (χ0n) is 19.7. The Labute approximate surface area is 222 Å². The highest BCUT2D eigenvalue weighted by molar-refractivity contribution is 6.47. The van der Waals surface area contributed by atoms with E-state index in [9.17, 15) is 14.4 Å². The van der Waals surface area contributed by atoms with Crippen molar-refractivity contribution in [1.29, 1.82) is 5.26 Å². The molecule has 2 amide bonds. The fourth-order valence-corrected chi connectivity index (χ4v) is 3.67. The SMILES string of the molecule is CCOC(=O)NC(=O)C(C#N)=NNc1cc(Cl)c(Oc2cc(C)c(=O)n(Cc3ccccc3)c2)c(Cl)c1. The molecule has 190 valence electrons. The van der Waals surface area contributed by atoms with Gasteiger partial charge in [-0.05, 0) is 37.6 Å². The smallest absolute Gasteiger partial charge is 0.414 e. The molecule has 0 atom stereocenters. The molecule has 0 radical (unpaired) electrons. The molecule has 0 bridgehead atoms. The van der Waals surface area contributed by atoms with E-state index < -0.39 is 17.7 Å². The van der Waals surface area contributed by atoms with Gasteiger partial charge in [-0.3, -0.25) is 20.3 Å². The minimum atomic E-state index is -1.05. The van der Waals surface area contributed by atoms with E-state index in [1.807, 2.05) is 35.6 Å². The molecular weight excluding hydrogens is 521 g/mol. The molecule has 0 saturated heterocycles. The summed E-state index contributed by atoms with van der Waals surface area (Å²) < 4.78 is 12.0. The fraction of sp³-hybridized carbons (Fsp3) is 0.160. The van der Waals surface area contributed by atoms with Crippen molar-refractivity contribution in [3.8, 4) is 17.6 Å². The number of ether oxygens (including phenoxy) is 2. The van der Waals surface area contributed by atoms with Gasteiger partial charge in [-0.1, -0.05) is 53.5 Å². The van der Waals surface area contributed by atoms with Crippen LogP contribution in [0.5, 0.6) is 11.5 Å². The lowest BCUT2D eigenvalue weighted by molar-refractivity contribution is -0.114. The predicted octanol–water partition coefficient (Wildman–Crippen LogP) is 4.87. The van der Waals surface area contributed by atoms with Crippen LogP contribution in [-0.2, 0) is 16.1 Å². The maximum absolute atomic E-state index is 12.6. The lowest BCUT2D eigenvalue weighted by Gasteiger charge is -2.14. The average Bonchev–Trinajstić information content (AvgIpc) is 2.85. The van der Waals surface area contributed by atoms with Gasteiger partial charge in [0.25, 0.3) is 11.5 Å². The van der Waals surface area contributed by atoms with Crippen LogP contribution in [0.3, 0.4) is 0 Å². The molecule has 0 aliphatic carbocycles. The number of imide groups is 1. The molecule has 1 heterocycles. The van der Waals surface area contributed by atoms with E-state index in [2.05, 4.69) is 15.3 Å². The second-order valence-corrected chi connectivity index (χ2v) is 8.32. The summed E-state index contributed by atoms with van der Waals surface area (Å²) in [5.41, 5.74) is 3.36. The van der Waals surface area contributed by atoms with Crippen LogP contribution in [0.1, 0.15) is 18.1 Å². The van der Waals surface area contributed by atoms with Gasteiger partial charge in [-0.15, -0.1) is 0 Å². The topological polar surface area (TPSA) is 135 Å². The number of carbonyl (C=O) groups excluding carboxylic acids is 2. The van der Waals surface area contributed by atoms with E-state index in [4.69, 9.17) is 33.2 Å². The van der Waals surface area contributed by atoms with E-state index in [1.165, 1.54) is 16.7 Å². The number of anilines is 1. The van der Waals surface area contributed by atoms with Crippen LogP contribution < -0.4 is 21.0 Å². The summed E-state index contributed by atoms with van der Waals surface area (Å²) in [6, 6.07) is 15.5. The van der Waals surface area contributed by atoms with Gasteiger partial charge < -0.3 is 14.0 Å². The Morgan fingerprint density at radius 1 is 1.14 bits per heavy atom. The minimum absolute atomic E-state index is 0.0510. The van der Waals surface area contributed by atoms with Crippen LogP contribution in [0, 0.1) is 18.3 Å². The summed E-state index contributed by atoms with van der Waals surface area (Å²) in [5.74, 6) is -0.577. The number of nitriles is 1. The molecule has 12 heteroatoms. The van der Waals surface area contributed by atoms with E-state index in [1.54, 1.807) is 32.2 Å². The molecule has 37 heavy (non-hydrogen) atoms. The average molecular weight is 542 g/mol. The maximum atomic E-state index is 12.6. The molecule has 0 fully saturated rings. The first kappa shape index (κ1) is 27.3. The van der Waals surface area contributed by atoms with Crippen LogP contribution >= 0.6 is 23.2 Å². The van der Waals surface area contributed by atoms with Crippen molar-refractivity contribution < 1.29 is 19.1 Å². The van der Waals surface area contributed by atoms with Crippen molar-refractivity contribution in [2.24, 2.45) is 5.10 Å². The molecule has 0 unspecified atom stereocenters. The van der Waals surface area contributed by atoms with Gasteiger partial charge in [0.2, 0.25) is 5.71 Å². The number of nitrogens with zero attached hydrogens (tertiary/aromatic N) is 3. The number of aromatic nitrogens is 1. The summed E-state index contributed by atoms with van der Waals surface area (Å²) in [6.45, 7) is 3.64. The lowest BCUT2D eigenvalue weighted by Crippen LogP contribution is -2.36. The zero-order chi connectivity index (χ0) is 26.9. The molecule has 10 nitrogen and oxygen atoms in total. The van der Waals surface area contributed by atoms with Gasteiger partial charge in [0.15, 0.2) is 5.75 Å². The standard InChI is InChI=1S/C25H21Cl2N5O5/c1-3-36-25(35)29-23(33)21(12-28)31-30-17-10-19(26)22(20(27)11-17)37-18-9-15(2)24(34)32(14-18)13-16-7-5-4-6-8-16/h4-11,14,30H,3,13H2,1-2H3,(H,29,33,35). The van der Waals surface area contributed by atoms with Gasteiger partial charge in [-0.2, -0.15) is 10.4 Å². The van der Waals surface area contributed by atoms with E-state index in [-0.39, 0.29) is 33.6 Å². The van der Waals surface area contributed by atoms with Crippen molar-refractivity contribution in [3.63, 3.8) is 0 Å². The summed E-state index contributed by atoms with van der Waals surface area (Å²) in [7, 11) is 0. The number of alkyl carbamates (subject to hydrolysis) is 1. The van der Waals surface area contributed by atoms with Gasteiger partial charge in [0.1, 0.15) is 11.8 Å². The number of halogens is 2. The monoisotopic (exact) mass is 541 g/mol. The Morgan fingerprint density at radius 2 is 1.81 bits per heavy atom. The van der Waals surface area contributed by atoms with Crippen LogP contribution in [0.2, 0.25) is 10.0 Å². The number of hydrogen-bond donors (Lipinski definition) is 2. The van der Waals surface area contributed by atoms with Crippen molar-refractivity contribution in [3.05, 3.63) is 86.3 Å². The van der Waals surface area contributed by atoms with Crippen molar-refractivity contribution in [2.75, 3.05) is 12.0 Å². The third kappa shape index (κ3) is 7.33. The summed E-state index contributed by atoms with van der Waals surface area (Å²) in [5, 5.41) is 14.9. The van der Waals surface area contributed by atoms with Crippen molar-refractivity contribution in [2.45, 2.75) is 20.4 Å². The second kappa shape index (κ2) is 12.6. The largest absolute Gasteiger partial charge is 0.453 e. The van der Waals surface area contributed by atoms with Gasteiger partial charge in [-0.25, -0.2) is 4.79 Å². The Bertz CT molecular complexity index is 1430. The third-order valence-corrected chi connectivity index (χ3v) is 5.32. The molecule has 2 N–H and O–H groups in total. The Balaban J connectivity index is 1.80. The van der Waals surface area contributed by atoms with Gasteiger partial charge >= 0.3 is 6.09 Å². The first-order valence-electron chi connectivity index (χ1n) is 10.9. The number of pyridine rings is 1. The van der Waals surface area contributed by atoms with Crippen LogP contribution in [0.4, 0.5) is 10.5 Å². The first-order chi connectivity index (χ1) is 17.7. The van der Waals surface area contributed by atoms with Crippen LogP contribution in [0.15, 0.2) is 64.6 Å².